The summed E-state index contributed by atoms with van der Waals surface area (Å²) in [6.45, 7) is -0.226. The number of aromatic nitrogens is 1. The van der Waals surface area contributed by atoms with Crippen LogP contribution in [-0.4, -0.2) is 26.1 Å². The van der Waals surface area contributed by atoms with Crippen LogP contribution in [0.1, 0.15) is 0 Å². The lowest BCUT2D eigenvalue weighted by molar-refractivity contribution is 0.252. The molecule has 110 valence electrons. The number of pyridine rings is 1. The van der Waals surface area contributed by atoms with Crippen molar-refractivity contribution in [3.63, 3.8) is 0 Å². The fourth-order valence-corrected chi connectivity index (χ4v) is 2.44. The lowest BCUT2D eigenvalue weighted by atomic mass is 10.4. The lowest BCUT2D eigenvalue weighted by Gasteiger charge is -2.09. The predicted octanol–water partition coefficient (Wildman–Crippen LogP) is 1.14. The highest BCUT2D eigenvalue weighted by Crippen LogP contribution is 2.06. The third kappa shape index (κ3) is 4.55. The van der Waals surface area contributed by atoms with Crippen LogP contribution in [0.15, 0.2) is 59.6 Å². The van der Waals surface area contributed by atoms with Gasteiger partial charge in [0.1, 0.15) is 5.82 Å². The zero-order valence-corrected chi connectivity index (χ0v) is 11.8. The van der Waals surface area contributed by atoms with Crippen LogP contribution >= 0.6 is 0 Å². The highest BCUT2D eigenvalue weighted by molar-refractivity contribution is 7.89. The predicted molar refractivity (Wildman–Crippen MR) is 78.0 cm³/mol. The molecular formula is C13H14N4O3S. The molecule has 0 bridgehead atoms. The summed E-state index contributed by atoms with van der Waals surface area (Å²) in [6.07, 6.45) is 1.54. The second-order valence-corrected chi connectivity index (χ2v) is 5.75. The number of nitrogens with one attached hydrogen (secondary N) is 3. The van der Waals surface area contributed by atoms with Crippen molar-refractivity contribution in [1.82, 2.24) is 15.0 Å². The van der Waals surface area contributed by atoms with E-state index in [4.69, 9.17) is 0 Å². The molecule has 1 heterocycles. The normalized spacial score (nSPS) is 10.9. The van der Waals surface area contributed by atoms with E-state index in [1.807, 2.05) is 0 Å². The van der Waals surface area contributed by atoms with Crippen molar-refractivity contribution >= 4 is 21.9 Å². The van der Waals surface area contributed by atoms with Crippen LogP contribution in [0.4, 0.5) is 10.6 Å². The zero-order chi connectivity index (χ0) is 15.1. The van der Waals surface area contributed by atoms with Crippen molar-refractivity contribution in [1.29, 1.82) is 0 Å². The van der Waals surface area contributed by atoms with Crippen molar-refractivity contribution < 1.29 is 13.2 Å². The summed E-state index contributed by atoms with van der Waals surface area (Å²) in [7, 11) is -3.64. The average Bonchev–Trinajstić information content (AvgIpc) is 2.49. The fourth-order valence-electron chi connectivity index (χ4n) is 1.49. The van der Waals surface area contributed by atoms with Gasteiger partial charge in [0.25, 0.3) is 0 Å². The SMILES string of the molecule is O=C(NCNS(=O)(=O)c1ccccc1)Nc1ccccn1. The largest absolute Gasteiger partial charge is 0.324 e. The molecule has 0 unspecified atom stereocenters. The maximum atomic E-state index is 11.9. The number of amides is 2. The highest BCUT2D eigenvalue weighted by atomic mass is 32.2. The van der Waals surface area contributed by atoms with Gasteiger partial charge < -0.3 is 5.32 Å². The van der Waals surface area contributed by atoms with E-state index >= 15 is 0 Å². The average molecular weight is 306 g/mol. The van der Waals surface area contributed by atoms with Crippen LogP contribution in [0, 0.1) is 0 Å². The molecule has 2 aromatic rings. The molecule has 0 spiro atoms. The minimum absolute atomic E-state index is 0.136. The van der Waals surface area contributed by atoms with Crippen molar-refractivity contribution in [2.45, 2.75) is 4.90 Å². The molecule has 0 aliphatic heterocycles. The first-order valence-corrected chi connectivity index (χ1v) is 7.57. The van der Waals surface area contributed by atoms with Crippen molar-refractivity contribution in [2.24, 2.45) is 0 Å². The molecule has 8 heteroatoms. The number of carbonyl (C=O) groups excluding carboxylic acids is 1. The molecule has 1 aromatic heterocycles. The van der Waals surface area contributed by atoms with Gasteiger partial charge in [0.05, 0.1) is 11.6 Å². The minimum atomic E-state index is -3.64. The number of benzene rings is 1. The first-order chi connectivity index (χ1) is 10.1. The molecule has 0 saturated heterocycles. The van der Waals surface area contributed by atoms with Crippen molar-refractivity contribution in [2.75, 3.05) is 12.0 Å². The Morgan fingerprint density at radius 1 is 1.05 bits per heavy atom. The van der Waals surface area contributed by atoms with Crippen LogP contribution in [-0.2, 0) is 10.0 Å². The molecule has 2 rings (SSSR count). The Morgan fingerprint density at radius 3 is 2.43 bits per heavy atom. The summed E-state index contributed by atoms with van der Waals surface area (Å²) < 4.78 is 26.0. The van der Waals surface area contributed by atoms with Gasteiger partial charge >= 0.3 is 6.03 Å². The van der Waals surface area contributed by atoms with E-state index < -0.39 is 16.1 Å². The Balaban J connectivity index is 1.83. The van der Waals surface area contributed by atoms with Gasteiger partial charge in [0.15, 0.2) is 0 Å². The summed E-state index contributed by atoms with van der Waals surface area (Å²) in [5.74, 6) is 0.376. The number of hydrogen-bond donors (Lipinski definition) is 3. The third-order valence-corrected chi connectivity index (χ3v) is 3.89. The Bertz CT molecular complexity index is 690. The Labute approximate surface area is 122 Å². The van der Waals surface area contributed by atoms with Gasteiger partial charge in [-0.25, -0.2) is 18.2 Å². The van der Waals surface area contributed by atoms with E-state index in [9.17, 15) is 13.2 Å². The monoisotopic (exact) mass is 306 g/mol. The van der Waals surface area contributed by atoms with Gasteiger partial charge in [-0.1, -0.05) is 24.3 Å². The maximum absolute atomic E-state index is 11.9. The Morgan fingerprint density at radius 2 is 1.76 bits per heavy atom. The molecule has 7 nitrogen and oxygen atoms in total. The van der Waals surface area contributed by atoms with Crippen LogP contribution in [0.25, 0.3) is 0 Å². The van der Waals surface area contributed by atoms with Gasteiger partial charge in [-0.15, -0.1) is 0 Å². The molecule has 0 atom stereocenters. The lowest BCUT2D eigenvalue weighted by Crippen LogP contribution is -2.39. The zero-order valence-electron chi connectivity index (χ0n) is 11.0. The highest BCUT2D eigenvalue weighted by Gasteiger charge is 2.12. The molecule has 0 saturated carbocycles. The number of hydrogen-bond acceptors (Lipinski definition) is 4. The quantitative estimate of drug-likeness (QED) is 0.721. The van der Waals surface area contributed by atoms with E-state index in [1.54, 1.807) is 36.4 Å². The summed E-state index contributed by atoms with van der Waals surface area (Å²) in [6, 6.07) is 12.4. The molecule has 1 aromatic carbocycles. The van der Waals surface area contributed by atoms with Gasteiger partial charge in [-0.3, -0.25) is 5.32 Å². The Hall–Kier alpha value is -2.45. The summed E-state index contributed by atoms with van der Waals surface area (Å²) in [4.78, 5) is 15.6. The van der Waals surface area contributed by atoms with Crippen molar-refractivity contribution in [3.05, 3.63) is 54.7 Å². The molecule has 0 radical (unpaired) electrons. The molecule has 0 aliphatic rings. The van der Waals surface area contributed by atoms with E-state index in [1.165, 1.54) is 18.3 Å². The maximum Gasteiger partial charge on any atom is 0.321 e. The third-order valence-electron chi connectivity index (χ3n) is 2.47. The fraction of sp³-hybridized carbons (Fsp3) is 0.0769. The number of anilines is 1. The second kappa shape index (κ2) is 6.82. The molecule has 21 heavy (non-hydrogen) atoms. The smallest absolute Gasteiger partial charge is 0.321 e. The van der Waals surface area contributed by atoms with Crippen LogP contribution < -0.4 is 15.4 Å². The number of carbonyl (C=O) groups is 1. The summed E-state index contributed by atoms with van der Waals surface area (Å²) in [5.41, 5.74) is 0. The number of urea groups is 1. The van der Waals surface area contributed by atoms with Crippen molar-refractivity contribution in [3.8, 4) is 0 Å². The first-order valence-electron chi connectivity index (χ1n) is 6.08. The topological polar surface area (TPSA) is 100 Å². The summed E-state index contributed by atoms with van der Waals surface area (Å²) >= 11 is 0. The van der Waals surface area contributed by atoms with E-state index in [2.05, 4.69) is 20.3 Å². The first kappa shape index (κ1) is 14.9. The second-order valence-electron chi connectivity index (χ2n) is 3.98. The molecule has 2 amide bonds. The van der Waals surface area contributed by atoms with Gasteiger partial charge in [0.2, 0.25) is 10.0 Å². The van der Waals surface area contributed by atoms with Gasteiger partial charge in [0, 0.05) is 6.20 Å². The van der Waals surface area contributed by atoms with E-state index in [-0.39, 0.29) is 11.6 Å². The Kier molecular flexibility index (Phi) is 4.85. The molecule has 0 aliphatic carbocycles. The number of rotatable bonds is 5. The molecule has 0 fully saturated rings. The summed E-state index contributed by atoms with van der Waals surface area (Å²) in [5, 5.41) is 4.85. The standard InChI is InChI=1S/C13H14N4O3S/c18-13(17-12-8-4-5-9-14-12)15-10-16-21(19,20)11-6-2-1-3-7-11/h1-9,16H,10H2,(H2,14,15,17,18). The number of sulfonamides is 1. The molecular weight excluding hydrogens is 292 g/mol. The number of nitrogens with zero attached hydrogens (tertiary/aromatic N) is 1. The van der Waals surface area contributed by atoms with Crippen LogP contribution in [0.3, 0.4) is 0 Å². The minimum Gasteiger partial charge on any atom is -0.324 e. The van der Waals surface area contributed by atoms with Gasteiger partial charge in [-0.2, -0.15) is 4.72 Å². The van der Waals surface area contributed by atoms with Crippen LogP contribution in [0.5, 0.6) is 0 Å². The molecule has 3 N–H and O–H groups in total. The van der Waals surface area contributed by atoms with Crippen LogP contribution in [0.2, 0.25) is 0 Å². The van der Waals surface area contributed by atoms with E-state index in [0.717, 1.165) is 0 Å². The van der Waals surface area contributed by atoms with Gasteiger partial charge in [-0.05, 0) is 24.3 Å². The van der Waals surface area contributed by atoms with E-state index in [0.29, 0.717) is 5.82 Å².